The Kier molecular flexibility index (Phi) is 9.54. The fourth-order valence-corrected chi connectivity index (χ4v) is 4.58. The van der Waals surface area contributed by atoms with Crippen LogP contribution in [0.25, 0.3) is 0 Å². The molecule has 0 radical (unpaired) electrons. The summed E-state index contributed by atoms with van der Waals surface area (Å²) in [5.74, 6) is -1.45. The van der Waals surface area contributed by atoms with Gasteiger partial charge in [-0.15, -0.1) is 0 Å². The number of esters is 1. The number of hydrogen-bond donors (Lipinski definition) is 3. The predicted octanol–water partition coefficient (Wildman–Crippen LogP) is 1.86. The molecule has 0 aromatic heterocycles. The van der Waals surface area contributed by atoms with E-state index < -0.39 is 41.2 Å². The zero-order valence-electron chi connectivity index (χ0n) is 16.1. The van der Waals surface area contributed by atoms with Gasteiger partial charge in [-0.3, -0.25) is 9.59 Å². The molecule has 1 atom stereocenters. The van der Waals surface area contributed by atoms with Crippen LogP contribution in [0, 0.1) is 0 Å². The summed E-state index contributed by atoms with van der Waals surface area (Å²) in [4.78, 5) is 24.1. The molecule has 29 heavy (non-hydrogen) atoms. The SMILES string of the molecule is O=C(COC(=O)C(CO)NS(=O)(=O)c1ccc(Br)cc1)NC1CCCCCCC1. The van der Waals surface area contributed by atoms with Crippen molar-refractivity contribution in [1.29, 1.82) is 0 Å². The van der Waals surface area contributed by atoms with E-state index >= 15 is 0 Å². The molecule has 8 nitrogen and oxygen atoms in total. The van der Waals surface area contributed by atoms with Crippen LogP contribution in [-0.4, -0.2) is 50.7 Å². The van der Waals surface area contributed by atoms with Crippen molar-refractivity contribution in [2.75, 3.05) is 13.2 Å². The summed E-state index contributed by atoms with van der Waals surface area (Å²) in [6.07, 6.45) is 7.41. The van der Waals surface area contributed by atoms with Crippen LogP contribution in [0.1, 0.15) is 44.9 Å². The second-order valence-corrected chi connectivity index (χ2v) is 9.66. The van der Waals surface area contributed by atoms with Crippen molar-refractivity contribution in [2.45, 2.75) is 61.9 Å². The molecule has 1 aromatic rings. The van der Waals surface area contributed by atoms with Gasteiger partial charge in [0.2, 0.25) is 10.0 Å². The van der Waals surface area contributed by atoms with Gasteiger partial charge in [-0.25, -0.2) is 8.42 Å². The van der Waals surface area contributed by atoms with Crippen LogP contribution in [0.15, 0.2) is 33.6 Å². The Morgan fingerprint density at radius 3 is 2.28 bits per heavy atom. The standard InChI is InChI=1S/C19H27BrN2O6S/c20-14-8-10-16(11-9-14)29(26,27)22-17(12-23)19(25)28-13-18(24)21-15-6-4-2-1-3-5-7-15/h8-11,15,17,22-23H,1-7,12-13H2,(H,21,24). The fourth-order valence-electron chi connectivity index (χ4n) is 3.14. The highest BCUT2D eigenvalue weighted by Crippen LogP contribution is 2.17. The van der Waals surface area contributed by atoms with Gasteiger partial charge in [-0.05, 0) is 37.1 Å². The highest BCUT2D eigenvalue weighted by Gasteiger charge is 2.27. The topological polar surface area (TPSA) is 122 Å². The molecule has 3 N–H and O–H groups in total. The van der Waals surface area contributed by atoms with Crippen molar-refractivity contribution in [3.8, 4) is 0 Å². The Morgan fingerprint density at radius 1 is 1.10 bits per heavy atom. The normalized spacial score (nSPS) is 17.0. The monoisotopic (exact) mass is 490 g/mol. The lowest BCUT2D eigenvalue weighted by molar-refractivity contribution is -0.151. The van der Waals surface area contributed by atoms with E-state index in [1.165, 1.54) is 18.6 Å². The molecule has 0 heterocycles. The molecule has 1 aliphatic carbocycles. The number of amides is 1. The molecule has 0 spiro atoms. The number of aliphatic hydroxyl groups excluding tert-OH is 1. The Morgan fingerprint density at radius 2 is 1.69 bits per heavy atom. The third kappa shape index (κ3) is 8.04. The summed E-state index contributed by atoms with van der Waals surface area (Å²) in [7, 11) is -4.03. The number of rotatable bonds is 8. The highest BCUT2D eigenvalue weighted by atomic mass is 79.9. The first-order valence-electron chi connectivity index (χ1n) is 9.66. The lowest BCUT2D eigenvalue weighted by atomic mass is 9.97. The largest absolute Gasteiger partial charge is 0.454 e. The van der Waals surface area contributed by atoms with Crippen molar-refractivity contribution in [2.24, 2.45) is 0 Å². The number of sulfonamides is 1. The summed E-state index contributed by atoms with van der Waals surface area (Å²) < 4.78 is 32.4. The number of carbonyl (C=O) groups is 2. The molecule has 1 aromatic carbocycles. The van der Waals surface area contributed by atoms with Gasteiger partial charge in [0.1, 0.15) is 6.04 Å². The number of aliphatic hydroxyl groups is 1. The highest BCUT2D eigenvalue weighted by molar-refractivity contribution is 9.10. The molecular formula is C19H27BrN2O6S. The molecule has 10 heteroatoms. The molecule has 1 unspecified atom stereocenters. The van der Waals surface area contributed by atoms with E-state index in [1.807, 2.05) is 0 Å². The second kappa shape index (κ2) is 11.6. The Hall–Kier alpha value is -1.49. The average molecular weight is 491 g/mol. The summed E-state index contributed by atoms with van der Waals surface area (Å²) >= 11 is 3.21. The first kappa shape index (κ1) is 23.8. The molecule has 0 aliphatic heterocycles. The quantitative estimate of drug-likeness (QED) is 0.478. The minimum Gasteiger partial charge on any atom is -0.454 e. The number of carbonyl (C=O) groups excluding carboxylic acids is 2. The lowest BCUT2D eigenvalue weighted by Crippen LogP contribution is -2.45. The Labute approximate surface area is 179 Å². The molecule has 1 amide bonds. The number of hydrogen-bond acceptors (Lipinski definition) is 6. The maximum atomic E-state index is 12.4. The van der Waals surface area contributed by atoms with Gasteiger partial charge >= 0.3 is 5.97 Å². The van der Waals surface area contributed by atoms with Crippen molar-refractivity contribution in [3.63, 3.8) is 0 Å². The molecule has 0 saturated heterocycles. The van der Waals surface area contributed by atoms with Crippen LogP contribution in [0.2, 0.25) is 0 Å². The van der Waals surface area contributed by atoms with Crippen molar-refractivity contribution in [3.05, 3.63) is 28.7 Å². The Bertz CT molecular complexity index is 776. The third-order valence-corrected chi connectivity index (χ3v) is 6.72. The van der Waals surface area contributed by atoms with Crippen molar-refractivity contribution in [1.82, 2.24) is 10.0 Å². The van der Waals surface area contributed by atoms with Crippen LogP contribution >= 0.6 is 15.9 Å². The van der Waals surface area contributed by atoms with E-state index in [0.717, 1.165) is 38.5 Å². The van der Waals surface area contributed by atoms with Gasteiger partial charge < -0.3 is 15.2 Å². The molecule has 0 bridgehead atoms. The van der Waals surface area contributed by atoms with Gasteiger partial charge in [-0.1, -0.05) is 48.0 Å². The molecular weight excluding hydrogens is 464 g/mol. The van der Waals surface area contributed by atoms with Crippen LogP contribution in [-0.2, 0) is 24.3 Å². The summed E-state index contributed by atoms with van der Waals surface area (Å²) in [5, 5.41) is 12.3. The average Bonchev–Trinajstić information content (AvgIpc) is 2.66. The first-order chi connectivity index (χ1) is 13.8. The summed E-state index contributed by atoms with van der Waals surface area (Å²) in [5.41, 5.74) is 0. The van der Waals surface area contributed by atoms with Crippen LogP contribution in [0.4, 0.5) is 0 Å². The summed E-state index contributed by atoms with van der Waals surface area (Å²) in [6, 6.07) is 4.36. The van der Waals surface area contributed by atoms with Crippen LogP contribution < -0.4 is 10.0 Å². The van der Waals surface area contributed by atoms with Gasteiger partial charge in [-0.2, -0.15) is 4.72 Å². The number of nitrogens with one attached hydrogen (secondary N) is 2. The van der Waals surface area contributed by atoms with E-state index in [1.54, 1.807) is 12.1 Å². The zero-order chi connectivity index (χ0) is 21.3. The van der Waals surface area contributed by atoms with E-state index in [4.69, 9.17) is 4.74 Å². The number of ether oxygens (including phenoxy) is 1. The first-order valence-corrected chi connectivity index (χ1v) is 11.9. The zero-order valence-corrected chi connectivity index (χ0v) is 18.5. The van der Waals surface area contributed by atoms with Gasteiger partial charge in [0.15, 0.2) is 6.61 Å². The van der Waals surface area contributed by atoms with Gasteiger partial charge in [0.05, 0.1) is 11.5 Å². The van der Waals surface area contributed by atoms with Gasteiger partial charge in [0, 0.05) is 10.5 Å². The van der Waals surface area contributed by atoms with E-state index in [-0.39, 0.29) is 10.9 Å². The third-order valence-electron chi connectivity index (χ3n) is 4.70. The number of benzene rings is 1. The molecule has 2 rings (SSSR count). The minimum atomic E-state index is -4.03. The second-order valence-electron chi connectivity index (χ2n) is 7.03. The molecule has 162 valence electrons. The van der Waals surface area contributed by atoms with E-state index in [2.05, 4.69) is 26.0 Å². The van der Waals surface area contributed by atoms with Gasteiger partial charge in [0.25, 0.3) is 5.91 Å². The maximum absolute atomic E-state index is 12.4. The van der Waals surface area contributed by atoms with Crippen molar-refractivity contribution < 1.29 is 27.9 Å². The minimum absolute atomic E-state index is 0.0611. The van der Waals surface area contributed by atoms with Crippen LogP contribution in [0.3, 0.4) is 0 Å². The Balaban J connectivity index is 1.85. The molecule has 1 aliphatic rings. The lowest BCUT2D eigenvalue weighted by Gasteiger charge is -2.21. The van der Waals surface area contributed by atoms with E-state index in [9.17, 15) is 23.1 Å². The fraction of sp³-hybridized carbons (Fsp3) is 0.579. The smallest absolute Gasteiger partial charge is 0.327 e. The van der Waals surface area contributed by atoms with Crippen LogP contribution in [0.5, 0.6) is 0 Å². The molecule has 1 fully saturated rings. The van der Waals surface area contributed by atoms with E-state index in [0.29, 0.717) is 4.47 Å². The van der Waals surface area contributed by atoms with Crippen molar-refractivity contribution >= 4 is 37.8 Å². The predicted molar refractivity (Wildman–Crippen MR) is 111 cm³/mol. The maximum Gasteiger partial charge on any atom is 0.327 e. The molecule has 1 saturated carbocycles. The number of halogens is 1. The summed E-state index contributed by atoms with van der Waals surface area (Å²) in [6.45, 7) is -1.31.